The van der Waals surface area contributed by atoms with Crippen LogP contribution in [0.1, 0.15) is 20.3 Å². The summed E-state index contributed by atoms with van der Waals surface area (Å²) in [6, 6.07) is 0. The van der Waals surface area contributed by atoms with Gasteiger partial charge >= 0.3 is 0 Å². The van der Waals surface area contributed by atoms with Crippen molar-refractivity contribution >= 4 is 0 Å². The topological polar surface area (TPSA) is 43.7 Å². The maximum absolute atomic E-state index is 9.26. The summed E-state index contributed by atoms with van der Waals surface area (Å²) in [7, 11) is 0. The Morgan fingerprint density at radius 1 is 1.36 bits per heavy atom. The van der Waals surface area contributed by atoms with Gasteiger partial charge in [-0.1, -0.05) is 13.8 Å². The Bertz CT molecular complexity index is 88.2. The Morgan fingerprint density at radius 3 is 2.36 bits per heavy atom. The lowest BCUT2D eigenvalue weighted by Gasteiger charge is -2.21. The molecule has 3 heteroatoms. The van der Waals surface area contributed by atoms with E-state index < -0.39 is 0 Å². The van der Waals surface area contributed by atoms with E-state index in [1.165, 1.54) is 0 Å². The van der Waals surface area contributed by atoms with Crippen LogP contribution in [0.15, 0.2) is 0 Å². The van der Waals surface area contributed by atoms with Crippen molar-refractivity contribution in [1.29, 1.82) is 0 Å². The average Bonchev–Trinajstić information content (AvgIpc) is 2.03. The number of hydrogen-bond acceptors (Lipinski definition) is 3. The zero-order valence-corrected chi connectivity index (χ0v) is 7.45. The average molecular weight is 161 g/mol. The molecule has 0 fully saturated rings. The largest absolute Gasteiger partial charge is 0.395 e. The molecule has 0 aliphatic heterocycles. The highest BCUT2D eigenvalue weighted by atomic mass is 16.3. The third-order valence-corrected chi connectivity index (χ3v) is 1.80. The Balaban J connectivity index is 3.49. The minimum absolute atomic E-state index is 0.171. The van der Waals surface area contributed by atoms with Crippen molar-refractivity contribution in [3.63, 3.8) is 0 Å². The van der Waals surface area contributed by atoms with Crippen molar-refractivity contribution in [2.45, 2.75) is 26.4 Å². The Labute approximate surface area is 68.6 Å². The first-order chi connectivity index (χ1) is 5.24. The molecule has 0 saturated carbocycles. The number of hydrogen-bond donors (Lipinski definition) is 2. The first-order valence-corrected chi connectivity index (χ1v) is 4.25. The van der Waals surface area contributed by atoms with Gasteiger partial charge in [-0.05, 0) is 13.0 Å². The monoisotopic (exact) mass is 161 g/mol. The van der Waals surface area contributed by atoms with Crippen LogP contribution in [0, 0.1) is 0 Å². The summed E-state index contributed by atoms with van der Waals surface area (Å²) in [5.74, 6) is 0. The van der Waals surface area contributed by atoms with Crippen LogP contribution in [0.5, 0.6) is 0 Å². The Morgan fingerprint density at radius 2 is 2.00 bits per heavy atom. The number of aliphatic hydroxyl groups is 2. The molecule has 0 spiro atoms. The highest BCUT2D eigenvalue weighted by Crippen LogP contribution is 1.95. The van der Waals surface area contributed by atoms with Gasteiger partial charge in [-0.2, -0.15) is 0 Å². The molecular formula is C8H19NO2. The second-order valence-corrected chi connectivity index (χ2v) is 2.68. The van der Waals surface area contributed by atoms with Crippen LogP contribution >= 0.6 is 0 Å². The van der Waals surface area contributed by atoms with Gasteiger partial charge in [0.1, 0.15) is 0 Å². The molecule has 1 atom stereocenters. The van der Waals surface area contributed by atoms with Crippen molar-refractivity contribution in [2.24, 2.45) is 0 Å². The molecule has 0 aliphatic rings. The molecule has 0 heterocycles. The number of likely N-dealkylation sites (N-methyl/N-ethyl adjacent to an activating group) is 1. The fourth-order valence-corrected chi connectivity index (χ4v) is 0.947. The molecule has 0 bridgehead atoms. The standard InChI is InChI=1S/C8H19NO2/c1-3-8(11)7-9(4-2)5-6-10/h8,10-11H,3-7H2,1-2H3. The van der Waals surface area contributed by atoms with Crippen molar-refractivity contribution < 1.29 is 10.2 Å². The van der Waals surface area contributed by atoms with Gasteiger partial charge in [-0.3, -0.25) is 4.90 Å². The molecule has 0 aromatic carbocycles. The van der Waals surface area contributed by atoms with Crippen molar-refractivity contribution in [3.8, 4) is 0 Å². The van der Waals surface area contributed by atoms with Gasteiger partial charge in [0.05, 0.1) is 12.7 Å². The highest BCUT2D eigenvalue weighted by Gasteiger charge is 2.06. The summed E-state index contributed by atoms with van der Waals surface area (Å²) in [6.45, 7) is 6.37. The van der Waals surface area contributed by atoms with Gasteiger partial charge in [-0.15, -0.1) is 0 Å². The quantitative estimate of drug-likeness (QED) is 0.579. The van der Waals surface area contributed by atoms with Crippen LogP contribution in [0.4, 0.5) is 0 Å². The van der Waals surface area contributed by atoms with Gasteiger partial charge < -0.3 is 10.2 Å². The van der Waals surface area contributed by atoms with Gasteiger partial charge in [-0.25, -0.2) is 0 Å². The zero-order chi connectivity index (χ0) is 8.69. The third kappa shape index (κ3) is 5.18. The summed E-state index contributed by atoms with van der Waals surface area (Å²) in [5, 5.41) is 17.9. The SMILES string of the molecule is CCC(O)CN(CC)CCO. The summed E-state index contributed by atoms with van der Waals surface area (Å²) < 4.78 is 0. The van der Waals surface area contributed by atoms with Crippen LogP contribution in [0.3, 0.4) is 0 Å². The second-order valence-electron chi connectivity index (χ2n) is 2.68. The van der Waals surface area contributed by atoms with Crippen molar-refractivity contribution in [2.75, 3.05) is 26.2 Å². The molecule has 0 saturated heterocycles. The first-order valence-electron chi connectivity index (χ1n) is 4.25. The first kappa shape index (κ1) is 10.9. The number of rotatable bonds is 6. The van der Waals surface area contributed by atoms with Crippen molar-refractivity contribution in [3.05, 3.63) is 0 Å². The molecule has 0 radical (unpaired) electrons. The van der Waals surface area contributed by atoms with Crippen molar-refractivity contribution in [1.82, 2.24) is 4.90 Å². The lowest BCUT2D eigenvalue weighted by molar-refractivity contribution is 0.100. The fraction of sp³-hybridized carbons (Fsp3) is 1.00. The molecule has 0 aromatic rings. The van der Waals surface area contributed by atoms with E-state index in [4.69, 9.17) is 5.11 Å². The van der Waals surface area contributed by atoms with E-state index in [0.29, 0.717) is 13.1 Å². The smallest absolute Gasteiger partial charge is 0.0664 e. The molecule has 0 amide bonds. The summed E-state index contributed by atoms with van der Waals surface area (Å²) >= 11 is 0. The lowest BCUT2D eigenvalue weighted by atomic mass is 10.2. The van der Waals surface area contributed by atoms with E-state index in [-0.39, 0.29) is 12.7 Å². The summed E-state index contributed by atoms with van der Waals surface area (Å²) in [4.78, 5) is 2.04. The van der Waals surface area contributed by atoms with Crippen LogP contribution < -0.4 is 0 Å². The minimum atomic E-state index is -0.249. The van der Waals surface area contributed by atoms with Gasteiger partial charge in [0.25, 0.3) is 0 Å². The van der Waals surface area contributed by atoms with Crippen LogP contribution in [0.2, 0.25) is 0 Å². The third-order valence-electron chi connectivity index (χ3n) is 1.80. The van der Waals surface area contributed by atoms with E-state index in [9.17, 15) is 5.11 Å². The molecule has 3 nitrogen and oxygen atoms in total. The summed E-state index contributed by atoms with van der Waals surface area (Å²) in [6.07, 6.45) is 0.531. The lowest BCUT2D eigenvalue weighted by Crippen LogP contribution is -2.34. The van der Waals surface area contributed by atoms with Gasteiger partial charge in [0, 0.05) is 13.1 Å². The van der Waals surface area contributed by atoms with Crippen LogP contribution in [-0.4, -0.2) is 47.5 Å². The van der Waals surface area contributed by atoms with E-state index in [2.05, 4.69) is 0 Å². The zero-order valence-electron chi connectivity index (χ0n) is 7.45. The molecule has 0 aliphatic carbocycles. The Kier molecular flexibility index (Phi) is 6.51. The molecule has 2 N–H and O–H groups in total. The van der Waals surface area contributed by atoms with E-state index >= 15 is 0 Å². The maximum atomic E-state index is 9.26. The number of aliphatic hydroxyl groups excluding tert-OH is 2. The van der Waals surface area contributed by atoms with E-state index in [1.807, 2.05) is 18.7 Å². The molecule has 11 heavy (non-hydrogen) atoms. The van der Waals surface area contributed by atoms with Crippen LogP contribution in [-0.2, 0) is 0 Å². The number of nitrogens with zero attached hydrogens (tertiary/aromatic N) is 1. The molecule has 68 valence electrons. The molecule has 1 unspecified atom stereocenters. The predicted octanol–water partition coefficient (Wildman–Crippen LogP) is 0.0715. The van der Waals surface area contributed by atoms with E-state index in [1.54, 1.807) is 0 Å². The molecule has 0 aromatic heterocycles. The fourth-order valence-electron chi connectivity index (χ4n) is 0.947. The van der Waals surface area contributed by atoms with Gasteiger partial charge in [0.2, 0.25) is 0 Å². The maximum Gasteiger partial charge on any atom is 0.0664 e. The molecular weight excluding hydrogens is 142 g/mol. The second kappa shape index (κ2) is 6.58. The molecule has 0 rings (SSSR count). The van der Waals surface area contributed by atoms with E-state index in [0.717, 1.165) is 13.0 Å². The Hall–Kier alpha value is -0.120. The summed E-state index contributed by atoms with van der Waals surface area (Å²) in [5.41, 5.74) is 0. The van der Waals surface area contributed by atoms with Crippen LogP contribution in [0.25, 0.3) is 0 Å². The highest BCUT2D eigenvalue weighted by molar-refractivity contribution is 4.60. The predicted molar refractivity (Wildman–Crippen MR) is 45.5 cm³/mol. The minimum Gasteiger partial charge on any atom is -0.395 e. The normalized spacial score (nSPS) is 13.9. The van der Waals surface area contributed by atoms with Gasteiger partial charge in [0.15, 0.2) is 0 Å².